The molecule has 0 amide bonds. The molecule has 0 atom stereocenters. The lowest BCUT2D eigenvalue weighted by Gasteiger charge is -2.21. The van der Waals surface area contributed by atoms with E-state index in [0.29, 0.717) is 46.5 Å². The van der Waals surface area contributed by atoms with E-state index in [-0.39, 0.29) is 96.3 Å². The highest BCUT2D eigenvalue weighted by molar-refractivity contribution is 6.13. The van der Waals surface area contributed by atoms with Gasteiger partial charge in [0.1, 0.15) is 0 Å². The molecular formula is C67H36F15N5. The third kappa shape index (κ3) is 11.3. The van der Waals surface area contributed by atoms with Gasteiger partial charge in [0.25, 0.3) is 0 Å². The largest absolute Gasteiger partial charge is 0.417 e. The second-order valence-corrected chi connectivity index (χ2v) is 20.1. The van der Waals surface area contributed by atoms with Gasteiger partial charge in [0.2, 0.25) is 0 Å². The van der Waals surface area contributed by atoms with E-state index in [9.17, 15) is 26.3 Å². The predicted octanol–water partition coefficient (Wildman–Crippen LogP) is 20.8. The Morgan fingerprint density at radius 2 is 0.563 bits per heavy atom. The molecule has 0 N–H and O–H groups in total. The standard InChI is InChI=1S/C67H36F15N5/c68-63(69,70)43-23-25-46(52(33-43)66(77,78)79)41-21-27-58-48(29-41)49-30-42(47-26-24-44(64(71,72)73)34-53(47)67(80,81)82)22-28-59(49)87(58)60-50(61-83-54(37-13-5-1-6-14-37)35-55(84-61)38-15-7-2-8-16-38)31-45(65(74,75)76)32-51(60)62-85-56(39-17-9-3-10-18-39)36-57(86-62)40-19-11-4-12-20-40/h1-36H. The number of fused-ring (bicyclic) bond motifs is 3. The van der Waals surface area contributed by atoms with Crippen LogP contribution in [0.25, 0.3) is 118 Å². The third-order valence-electron chi connectivity index (χ3n) is 14.6. The van der Waals surface area contributed by atoms with E-state index >= 15 is 39.5 Å². The topological polar surface area (TPSA) is 56.5 Å². The van der Waals surface area contributed by atoms with Crippen LogP contribution < -0.4 is 0 Å². The summed E-state index contributed by atoms with van der Waals surface area (Å²) in [6.45, 7) is 0. The van der Waals surface area contributed by atoms with Gasteiger partial charge < -0.3 is 4.57 Å². The van der Waals surface area contributed by atoms with E-state index in [1.165, 1.54) is 16.7 Å². The first-order valence-electron chi connectivity index (χ1n) is 26.2. The van der Waals surface area contributed by atoms with Crippen molar-refractivity contribution in [2.75, 3.05) is 0 Å². The number of halogens is 15. The Morgan fingerprint density at radius 3 is 0.851 bits per heavy atom. The van der Waals surface area contributed by atoms with Crippen molar-refractivity contribution in [2.45, 2.75) is 30.9 Å². The average molecular weight is 1200 g/mol. The summed E-state index contributed by atoms with van der Waals surface area (Å²) in [5.74, 6) is -0.662. The lowest BCUT2D eigenvalue weighted by Crippen LogP contribution is -2.12. The molecule has 0 spiro atoms. The lowest BCUT2D eigenvalue weighted by molar-refractivity contribution is -0.144. The van der Waals surface area contributed by atoms with Crippen LogP contribution >= 0.6 is 0 Å². The molecule has 434 valence electrons. The van der Waals surface area contributed by atoms with E-state index in [1.54, 1.807) is 133 Å². The van der Waals surface area contributed by atoms with Gasteiger partial charge in [-0.2, -0.15) is 65.9 Å². The Kier molecular flexibility index (Phi) is 14.1. The van der Waals surface area contributed by atoms with Gasteiger partial charge in [-0.15, -0.1) is 0 Å². The number of rotatable bonds is 9. The van der Waals surface area contributed by atoms with Crippen molar-refractivity contribution in [2.24, 2.45) is 0 Å². The van der Waals surface area contributed by atoms with Crippen molar-refractivity contribution in [3.63, 3.8) is 0 Å². The minimum Gasteiger partial charge on any atom is -0.308 e. The van der Waals surface area contributed by atoms with Crippen LogP contribution in [0.2, 0.25) is 0 Å². The van der Waals surface area contributed by atoms with Crippen molar-refractivity contribution in [1.82, 2.24) is 24.5 Å². The van der Waals surface area contributed by atoms with E-state index in [1.807, 2.05) is 0 Å². The molecule has 0 saturated heterocycles. The van der Waals surface area contributed by atoms with Crippen LogP contribution in [0.15, 0.2) is 218 Å². The maximum atomic E-state index is 16.0. The quantitative estimate of drug-likeness (QED) is 0.135. The zero-order valence-electron chi connectivity index (χ0n) is 44.2. The molecule has 20 heteroatoms. The van der Waals surface area contributed by atoms with E-state index in [2.05, 4.69) is 0 Å². The highest BCUT2D eigenvalue weighted by atomic mass is 19.4. The molecule has 87 heavy (non-hydrogen) atoms. The first-order chi connectivity index (χ1) is 41.3. The van der Waals surface area contributed by atoms with Gasteiger partial charge in [-0.05, 0) is 95.1 Å². The number of aromatic nitrogens is 5. The highest BCUT2D eigenvalue weighted by Gasteiger charge is 2.41. The van der Waals surface area contributed by atoms with Crippen LogP contribution in [-0.4, -0.2) is 24.5 Å². The van der Waals surface area contributed by atoms with Gasteiger partial charge in [0.15, 0.2) is 11.6 Å². The van der Waals surface area contributed by atoms with Crippen LogP contribution in [0.4, 0.5) is 65.9 Å². The summed E-state index contributed by atoms with van der Waals surface area (Å²) in [4.78, 5) is 19.7. The Balaban J connectivity index is 1.26. The third-order valence-corrected chi connectivity index (χ3v) is 14.6. The van der Waals surface area contributed by atoms with Crippen molar-refractivity contribution in [3.05, 3.63) is 246 Å². The maximum absolute atomic E-state index is 16.0. The molecule has 0 unspecified atom stereocenters. The van der Waals surface area contributed by atoms with Crippen molar-refractivity contribution in [1.29, 1.82) is 0 Å². The maximum Gasteiger partial charge on any atom is 0.417 e. The fraction of sp³-hybridized carbons (Fsp3) is 0.0746. The zero-order valence-corrected chi connectivity index (χ0v) is 44.2. The number of hydrogen-bond donors (Lipinski definition) is 0. The molecule has 0 saturated carbocycles. The zero-order chi connectivity index (χ0) is 61.4. The minimum atomic E-state index is -5.41. The molecule has 0 radical (unpaired) electrons. The van der Waals surface area contributed by atoms with Crippen molar-refractivity contribution >= 4 is 21.8 Å². The molecule has 0 aliphatic carbocycles. The van der Waals surface area contributed by atoms with E-state index < -0.39 is 69.8 Å². The fourth-order valence-corrected chi connectivity index (χ4v) is 10.6. The van der Waals surface area contributed by atoms with Crippen molar-refractivity contribution < 1.29 is 65.9 Å². The molecule has 0 bridgehead atoms. The van der Waals surface area contributed by atoms with Gasteiger partial charge >= 0.3 is 30.9 Å². The van der Waals surface area contributed by atoms with E-state index in [0.717, 1.165) is 36.4 Å². The fourth-order valence-electron chi connectivity index (χ4n) is 10.6. The molecule has 0 aliphatic heterocycles. The van der Waals surface area contributed by atoms with Gasteiger partial charge in [-0.1, -0.05) is 146 Å². The van der Waals surface area contributed by atoms with Crippen molar-refractivity contribution in [3.8, 4) is 95.7 Å². The predicted molar refractivity (Wildman–Crippen MR) is 300 cm³/mol. The Bertz CT molecular complexity index is 4200. The van der Waals surface area contributed by atoms with Crippen LogP contribution in [0.3, 0.4) is 0 Å². The summed E-state index contributed by atoms with van der Waals surface area (Å²) in [5.41, 5.74) is -8.44. The summed E-state index contributed by atoms with van der Waals surface area (Å²) >= 11 is 0. The first-order valence-corrected chi connectivity index (χ1v) is 26.2. The smallest absolute Gasteiger partial charge is 0.308 e. The molecule has 0 aliphatic rings. The molecule has 12 rings (SSSR count). The monoisotopic (exact) mass is 1200 g/mol. The van der Waals surface area contributed by atoms with Crippen LogP contribution in [-0.2, 0) is 30.9 Å². The van der Waals surface area contributed by atoms with Crippen LogP contribution in [0, 0.1) is 0 Å². The van der Waals surface area contributed by atoms with Gasteiger partial charge in [-0.25, -0.2) is 19.9 Å². The summed E-state index contributed by atoms with van der Waals surface area (Å²) in [7, 11) is 0. The Morgan fingerprint density at radius 1 is 0.253 bits per heavy atom. The second-order valence-electron chi connectivity index (χ2n) is 20.1. The summed E-state index contributed by atoms with van der Waals surface area (Å²) in [5, 5.41) is -0.273. The summed E-state index contributed by atoms with van der Waals surface area (Å²) < 4.78 is 224. The number of nitrogens with zero attached hydrogens (tertiary/aromatic N) is 5. The molecule has 0 fully saturated rings. The molecule has 5 nitrogen and oxygen atoms in total. The SMILES string of the molecule is FC(F)(F)c1cc(-c2nc(-c3ccccc3)cc(-c3ccccc3)n2)c(-n2c3ccc(-c4ccc(C(F)(F)F)cc4C(F)(F)F)cc3c3cc(-c4ccc(C(F)(F)F)cc4C(F)(F)F)ccc32)c(-c2nc(-c3ccccc3)cc(-c3ccccc3)n2)c1. The van der Waals surface area contributed by atoms with Gasteiger partial charge in [-0.3, -0.25) is 0 Å². The molecule has 3 heterocycles. The Labute approximate surface area is 483 Å². The normalized spacial score (nSPS) is 12.5. The summed E-state index contributed by atoms with van der Waals surface area (Å²) in [6, 6.07) is 47.9. The first kappa shape index (κ1) is 57.3. The average Bonchev–Trinajstić information content (AvgIpc) is 2.07. The Hall–Kier alpha value is -10.1. The molecule has 9 aromatic carbocycles. The molecular weight excluding hydrogens is 1160 g/mol. The van der Waals surface area contributed by atoms with E-state index in [4.69, 9.17) is 19.9 Å². The molecule has 3 aromatic heterocycles. The van der Waals surface area contributed by atoms with Gasteiger partial charge in [0.05, 0.1) is 67.3 Å². The van der Waals surface area contributed by atoms with Gasteiger partial charge in [0, 0.05) is 44.2 Å². The number of alkyl halides is 15. The molecule has 12 aromatic rings. The number of benzene rings is 9. The van der Waals surface area contributed by atoms with Crippen LogP contribution in [0.1, 0.15) is 27.8 Å². The van der Waals surface area contributed by atoms with Crippen LogP contribution in [0.5, 0.6) is 0 Å². The summed E-state index contributed by atoms with van der Waals surface area (Å²) in [6.07, 6.45) is -26.4. The minimum absolute atomic E-state index is 0.0675. The lowest BCUT2D eigenvalue weighted by atomic mass is 9.94. The number of hydrogen-bond acceptors (Lipinski definition) is 4. The highest BCUT2D eigenvalue weighted by Crippen LogP contribution is 2.49. The second kappa shape index (κ2) is 21.4.